The second kappa shape index (κ2) is 9.52. The van der Waals surface area contributed by atoms with E-state index in [0.29, 0.717) is 45.3 Å². The van der Waals surface area contributed by atoms with Crippen molar-refractivity contribution in [3.05, 3.63) is 94.7 Å². The van der Waals surface area contributed by atoms with Crippen molar-refractivity contribution in [2.45, 2.75) is 13.0 Å². The van der Waals surface area contributed by atoms with Gasteiger partial charge in [-0.3, -0.25) is 10.1 Å². The molecule has 0 fully saturated rings. The van der Waals surface area contributed by atoms with Gasteiger partial charge >= 0.3 is 6.01 Å². The van der Waals surface area contributed by atoms with Crippen LogP contribution in [0.15, 0.2) is 93.5 Å². The van der Waals surface area contributed by atoms with Gasteiger partial charge in [0.15, 0.2) is 5.58 Å². The molecule has 9 heteroatoms. The summed E-state index contributed by atoms with van der Waals surface area (Å²) in [7, 11) is 1.59. The Hall–Kier alpha value is -4.30. The standard InChI is InChI=1S/C26H22ClN5O3/c1-15-22(24(33)29-18-11-13-19(34-2)14-12-18)23(16-7-9-17(27)10-8-16)31-25(28-15)32-26-30-20-5-3-4-6-21(20)35-26/h3-14,23H,1-2H3,(H,29,33)(H2,28,30,31,32). The lowest BCUT2D eigenvalue weighted by molar-refractivity contribution is -0.113. The van der Waals surface area contributed by atoms with E-state index in [0.717, 1.165) is 11.1 Å². The average molecular weight is 488 g/mol. The van der Waals surface area contributed by atoms with Crippen molar-refractivity contribution in [2.24, 2.45) is 4.99 Å². The first-order valence-electron chi connectivity index (χ1n) is 10.9. The third-order valence-electron chi connectivity index (χ3n) is 5.54. The van der Waals surface area contributed by atoms with Crippen LogP contribution in [0.25, 0.3) is 11.1 Å². The molecule has 0 radical (unpaired) electrons. The number of hydrogen-bond donors (Lipinski definition) is 3. The van der Waals surface area contributed by atoms with Gasteiger partial charge < -0.3 is 19.8 Å². The number of para-hydroxylation sites is 2. The van der Waals surface area contributed by atoms with Crippen molar-refractivity contribution in [2.75, 3.05) is 17.7 Å². The highest BCUT2D eigenvalue weighted by Crippen LogP contribution is 2.32. The van der Waals surface area contributed by atoms with Crippen LogP contribution < -0.4 is 20.7 Å². The summed E-state index contributed by atoms with van der Waals surface area (Å²) >= 11 is 6.10. The maximum Gasteiger partial charge on any atom is 0.302 e. The summed E-state index contributed by atoms with van der Waals surface area (Å²) in [6.07, 6.45) is 0. The molecule has 0 aliphatic carbocycles. The van der Waals surface area contributed by atoms with E-state index >= 15 is 0 Å². The molecule has 0 bridgehead atoms. The van der Waals surface area contributed by atoms with Gasteiger partial charge in [-0.2, -0.15) is 4.98 Å². The number of ether oxygens (including phenoxy) is 1. The van der Waals surface area contributed by atoms with Gasteiger partial charge in [0.1, 0.15) is 17.3 Å². The van der Waals surface area contributed by atoms with Crippen molar-refractivity contribution in [1.29, 1.82) is 0 Å². The molecule has 3 aromatic carbocycles. The largest absolute Gasteiger partial charge is 0.497 e. The number of allylic oxidation sites excluding steroid dienone is 1. The Morgan fingerprint density at radius 1 is 1.06 bits per heavy atom. The average Bonchev–Trinajstić information content (AvgIpc) is 3.27. The number of aromatic nitrogens is 1. The molecule has 4 aromatic rings. The number of aliphatic imine (C=N–C) groups is 1. The van der Waals surface area contributed by atoms with Crippen LogP contribution in [-0.4, -0.2) is 24.0 Å². The molecular weight excluding hydrogens is 466 g/mol. The normalized spacial score (nSPS) is 15.4. The number of halogens is 1. The number of anilines is 2. The predicted octanol–water partition coefficient (Wildman–Crippen LogP) is 5.51. The zero-order valence-corrected chi connectivity index (χ0v) is 19.8. The number of amides is 1. The van der Waals surface area contributed by atoms with Crippen LogP contribution in [0.2, 0.25) is 5.02 Å². The number of oxazole rings is 1. The van der Waals surface area contributed by atoms with Crippen LogP contribution in [0.1, 0.15) is 18.5 Å². The summed E-state index contributed by atoms with van der Waals surface area (Å²) in [5.41, 5.74) is 3.97. The highest BCUT2D eigenvalue weighted by molar-refractivity contribution is 6.30. The summed E-state index contributed by atoms with van der Waals surface area (Å²) in [4.78, 5) is 22.6. The molecule has 1 aliphatic rings. The summed E-state index contributed by atoms with van der Waals surface area (Å²) in [5.74, 6) is 0.844. The minimum Gasteiger partial charge on any atom is -0.497 e. The fourth-order valence-corrected chi connectivity index (χ4v) is 3.95. The molecule has 1 unspecified atom stereocenters. The Bertz CT molecular complexity index is 1410. The first-order valence-corrected chi connectivity index (χ1v) is 11.3. The highest BCUT2D eigenvalue weighted by atomic mass is 35.5. The lowest BCUT2D eigenvalue weighted by Gasteiger charge is -2.26. The number of carbonyl (C=O) groups is 1. The van der Waals surface area contributed by atoms with E-state index in [4.69, 9.17) is 25.7 Å². The third-order valence-corrected chi connectivity index (χ3v) is 5.79. The number of rotatable bonds is 5. The molecule has 1 aromatic heterocycles. The predicted molar refractivity (Wildman–Crippen MR) is 137 cm³/mol. The number of nitrogens with zero attached hydrogens (tertiary/aromatic N) is 2. The molecule has 5 rings (SSSR count). The van der Waals surface area contributed by atoms with Gasteiger partial charge in [-0.1, -0.05) is 35.9 Å². The lowest BCUT2D eigenvalue weighted by Crippen LogP contribution is -2.37. The molecule has 1 aliphatic heterocycles. The van der Waals surface area contributed by atoms with E-state index in [1.807, 2.05) is 43.3 Å². The van der Waals surface area contributed by atoms with E-state index < -0.39 is 6.04 Å². The van der Waals surface area contributed by atoms with Gasteiger partial charge in [-0.25, -0.2) is 4.99 Å². The molecule has 35 heavy (non-hydrogen) atoms. The van der Waals surface area contributed by atoms with Crippen LogP contribution in [-0.2, 0) is 4.79 Å². The number of hydrogen-bond acceptors (Lipinski definition) is 7. The van der Waals surface area contributed by atoms with Crippen LogP contribution in [0.4, 0.5) is 11.7 Å². The molecule has 8 nitrogen and oxygen atoms in total. The lowest BCUT2D eigenvalue weighted by atomic mass is 9.95. The fourth-order valence-electron chi connectivity index (χ4n) is 3.82. The van der Waals surface area contributed by atoms with Crippen molar-refractivity contribution >= 4 is 46.3 Å². The first kappa shape index (κ1) is 22.5. The molecule has 0 spiro atoms. The maximum atomic E-state index is 13.4. The number of methoxy groups -OCH3 is 1. The fraction of sp³-hybridized carbons (Fsp3) is 0.115. The van der Waals surface area contributed by atoms with Gasteiger partial charge in [-0.15, -0.1) is 0 Å². The zero-order valence-electron chi connectivity index (χ0n) is 19.0. The van der Waals surface area contributed by atoms with Crippen LogP contribution in [0.5, 0.6) is 5.75 Å². The van der Waals surface area contributed by atoms with E-state index in [-0.39, 0.29) is 5.91 Å². The SMILES string of the molecule is COc1ccc(NC(=O)C2=C(C)NC(Nc3nc4ccccc4o3)=NC2c2ccc(Cl)cc2)cc1. The Morgan fingerprint density at radius 2 is 1.80 bits per heavy atom. The number of guanidine groups is 1. The molecule has 176 valence electrons. The van der Waals surface area contributed by atoms with Crippen molar-refractivity contribution in [3.8, 4) is 5.75 Å². The molecular formula is C26H22ClN5O3. The highest BCUT2D eigenvalue weighted by Gasteiger charge is 2.30. The molecule has 0 saturated carbocycles. The Kier molecular flexibility index (Phi) is 6.12. The van der Waals surface area contributed by atoms with Gasteiger partial charge in [0, 0.05) is 16.4 Å². The third kappa shape index (κ3) is 4.83. The summed E-state index contributed by atoms with van der Waals surface area (Å²) in [6.45, 7) is 1.83. The Balaban J connectivity index is 1.45. The van der Waals surface area contributed by atoms with Crippen molar-refractivity contribution < 1.29 is 13.9 Å². The molecule has 0 saturated heterocycles. The molecule has 1 amide bonds. The Labute approximate surface area is 206 Å². The van der Waals surface area contributed by atoms with E-state index in [2.05, 4.69) is 20.9 Å². The number of benzene rings is 3. The molecule has 1 atom stereocenters. The topological polar surface area (TPSA) is 101 Å². The summed E-state index contributed by atoms with van der Waals surface area (Å²) < 4.78 is 11.0. The van der Waals surface area contributed by atoms with Gasteiger partial charge in [-0.05, 0) is 61.0 Å². The van der Waals surface area contributed by atoms with E-state index in [1.54, 1.807) is 43.5 Å². The monoisotopic (exact) mass is 487 g/mol. The summed E-state index contributed by atoms with van der Waals surface area (Å²) in [5, 5.41) is 9.80. The first-order chi connectivity index (χ1) is 17.0. The minimum atomic E-state index is -0.585. The van der Waals surface area contributed by atoms with Crippen LogP contribution in [0, 0.1) is 0 Å². The van der Waals surface area contributed by atoms with Crippen molar-refractivity contribution in [1.82, 2.24) is 10.3 Å². The quantitative estimate of drug-likeness (QED) is 0.343. The van der Waals surface area contributed by atoms with E-state index in [9.17, 15) is 4.79 Å². The van der Waals surface area contributed by atoms with E-state index in [1.165, 1.54) is 0 Å². The Morgan fingerprint density at radius 3 is 2.51 bits per heavy atom. The van der Waals surface area contributed by atoms with Gasteiger partial charge in [0.2, 0.25) is 5.96 Å². The van der Waals surface area contributed by atoms with Gasteiger partial charge in [0.05, 0.1) is 12.7 Å². The number of nitrogens with one attached hydrogen (secondary N) is 3. The maximum absolute atomic E-state index is 13.4. The van der Waals surface area contributed by atoms with Crippen LogP contribution >= 0.6 is 11.6 Å². The smallest absolute Gasteiger partial charge is 0.302 e. The second-order valence-electron chi connectivity index (χ2n) is 7.89. The zero-order chi connectivity index (χ0) is 24.4. The van der Waals surface area contributed by atoms with Gasteiger partial charge in [0.25, 0.3) is 5.91 Å². The summed E-state index contributed by atoms with van der Waals surface area (Å²) in [6, 6.07) is 21.6. The van der Waals surface area contributed by atoms with Crippen LogP contribution in [0.3, 0.4) is 0 Å². The minimum absolute atomic E-state index is 0.273. The van der Waals surface area contributed by atoms with Crippen molar-refractivity contribution in [3.63, 3.8) is 0 Å². The number of carbonyl (C=O) groups excluding carboxylic acids is 1. The second-order valence-corrected chi connectivity index (χ2v) is 8.33. The molecule has 2 heterocycles. The number of fused-ring (bicyclic) bond motifs is 1. The molecule has 3 N–H and O–H groups in total.